The zero-order valence-corrected chi connectivity index (χ0v) is 21.5. The summed E-state index contributed by atoms with van der Waals surface area (Å²) < 4.78 is 0. The van der Waals surface area contributed by atoms with E-state index in [4.69, 9.17) is 0 Å². The van der Waals surface area contributed by atoms with Gasteiger partial charge in [-0.15, -0.1) is 0 Å². The molecule has 0 aromatic heterocycles. The van der Waals surface area contributed by atoms with Gasteiger partial charge >= 0.3 is 0 Å². The van der Waals surface area contributed by atoms with Crippen LogP contribution in [0, 0.1) is 0 Å². The van der Waals surface area contributed by atoms with Gasteiger partial charge in [-0.05, 0) is 28.3 Å². The molecule has 0 aliphatic rings. The van der Waals surface area contributed by atoms with Gasteiger partial charge in [0.2, 0.25) is 11.8 Å². The highest BCUT2D eigenvalue weighted by Gasteiger charge is 2.28. The van der Waals surface area contributed by atoms with Crippen LogP contribution in [0.15, 0.2) is 146 Å². The van der Waals surface area contributed by atoms with Crippen molar-refractivity contribution in [2.24, 2.45) is 0 Å². The maximum absolute atomic E-state index is 13.9. The molecule has 0 heterocycles. The SMILES string of the molecule is O=C(Nc1ccccc1-c1ccccc1)C(Cc1ccccc1)NC(=O)C(c1ccccc1)c1ccccc1. The molecule has 0 saturated heterocycles. The molecule has 0 bridgehead atoms. The number of carbonyl (C=O) groups excluding carboxylic acids is 2. The zero-order chi connectivity index (χ0) is 26.9. The molecule has 0 aliphatic carbocycles. The Kier molecular flexibility index (Phi) is 8.25. The Morgan fingerprint density at radius 2 is 1.03 bits per heavy atom. The van der Waals surface area contributed by atoms with Crippen molar-refractivity contribution in [1.29, 1.82) is 0 Å². The highest BCUT2D eigenvalue weighted by molar-refractivity contribution is 6.01. The van der Waals surface area contributed by atoms with Crippen LogP contribution in [0.25, 0.3) is 11.1 Å². The third-order valence-corrected chi connectivity index (χ3v) is 6.71. The van der Waals surface area contributed by atoms with Gasteiger partial charge in [-0.2, -0.15) is 0 Å². The summed E-state index contributed by atoms with van der Waals surface area (Å²) in [7, 11) is 0. The summed E-state index contributed by atoms with van der Waals surface area (Å²) in [5.41, 5.74) is 5.32. The number of carbonyl (C=O) groups is 2. The molecule has 4 heteroatoms. The molecular weight excluding hydrogens is 480 g/mol. The van der Waals surface area contributed by atoms with E-state index in [1.54, 1.807) is 0 Å². The summed E-state index contributed by atoms with van der Waals surface area (Å²) in [4.78, 5) is 27.7. The first-order valence-corrected chi connectivity index (χ1v) is 13.1. The van der Waals surface area contributed by atoms with E-state index in [1.807, 2.05) is 146 Å². The van der Waals surface area contributed by atoms with E-state index in [-0.39, 0.29) is 11.8 Å². The minimum Gasteiger partial charge on any atom is -0.343 e. The first kappa shape index (κ1) is 25.7. The predicted molar refractivity (Wildman–Crippen MR) is 157 cm³/mol. The third kappa shape index (κ3) is 6.49. The smallest absolute Gasteiger partial charge is 0.247 e. The lowest BCUT2D eigenvalue weighted by Crippen LogP contribution is -2.47. The summed E-state index contributed by atoms with van der Waals surface area (Å²) in [5.74, 6) is -1.04. The van der Waals surface area contributed by atoms with Crippen LogP contribution < -0.4 is 10.6 Å². The van der Waals surface area contributed by atoms with E-state index in [0.29, 0.717) is 12.1 Å². The van der Waals surface area contributed by atoms with E-state index in [1.165, 1.54) is 0 Å². The van der Waals surface area contributed by atoms with Gasteiger partial charge in [0.25, 0.3) is 0 Å². The average Bonchev–Trinajstić information content (AvgIpc) is 2.99. The first-order chi connectivity index (χ1) is 19.2. The third-order valence-electron chi connectivity index (χ3n) is 6.71. The molecule has 4 nitrogen and oxygen atoms in total. The molecule has 0 spiro atoms. The number of hydrogen-bond acceptors (Lipinski definition) is 2. The Morgan fingerprint density at radius 3 is 1.62 bits per heavy atom. The lowest BCUT2D eigenvalue weighted by molar-refractivity contribution is -0.126. The maximum atomic E-state index is 13.9. The number of hydrogen-bond donors (Lipinski definition) is 2. The molecule has 0 radical (unpaired) electrons. The van der Waals surface area contributed by atoms with Crippen LogP contribution in [0.5, 0.6) is 0 Å². The summed E-state index contributed by atoms with van der Waals surface area (Å²) >= 11 is 0. The second kappa shape index (κ2) is 12.5. The van der Waals surface area contributed by atoms with E-state index >= 15 is 0 Å². The van der Waals surface area contributed by atoms with Gasteiger partial charge in [0, 0.05) is 17.7 Å². The minimum absolute atomic E-state index is 0.222. The van der Waals surface area contributed by atoms with Crippen molar-refractivity contribution in [1.82, 2.24) is 5.32 Å². The second-order valence-electron chi connectivity index (χ2n) is 9.41. The van der Waals surface area contributed by atoms with Gasteiger partial charge in [0.1, 0.15) is 6.04 Å². The van der Waals surface area contributed by atoms with E-state index < -0.39 is 12.0 Å². The monoisotopic (exact) mass is 510 g/mol. The van der Waals surface area contributed by atoms with E-state index in [2.05, 4.69) is 10.6 Å². The normalized spacial score (nSPS) is 11.5. The van der Waals surface area contributed by atoms with Crippen LogP contribution in [0.1, 0.15) is 22.6 Å². The summed E-state index contributed by atoms with van der Waals surface area (Å²) in [6.07, 6.45) is 0.363. The fourth-order valence-electron chi connectivity index (χ4n) is 4.78. The molecule has 2 amide bonds. The summed E-state index contributed by atoms with van der Waals surface area (Å²) in [5, 5.41) is 6.19. The Morgan fingerprint density at radius 1 is 0.538 bits per heavy atom. The van der Waals surface area contributed by atoms with Crippen LogP contribution in [0.3, 0.4) is 0 Å². The number of amides is 2. The van der Waals surface area contributed by atoms with Crippen LogP contribution in [0.2, 0.25) is 0 Å². The van der Waals surface area contributed by atoms with Gasteiger partial charge in [0.15, 0.2) is 0 Å². The highest BCUT2D eigenvalue weighted by atomic mass is 16.2. The molecule has 5 rings (SSSR count). The Hall–Kier alpha value is -4.96. The minimum atomic E-state index is -0.779. The van der Waals surface area contributed by atoms with Gasteiger partial charge in [-0.25, -0.2) is 0 Å². The summed E-state index contributed by atoms with van der Waals surface area (Å²) in [6, 6.07) is 46.0. The van der Waals surface area contributed by atoms with Gasteiger partial charge in [-0.3, -0.25) is 9.59 Å². The fourth-order valence-corrected chi connectivity index (χ4v) is 4.78. The molecule has 1 unspecified atom stereocenters. The van der Waals surface area contributed by atoms with Gasteiger partial charge in [-0.1, -0.05) is 140 Å². The van der Waals surface area contributed by atoms with Crippen molar-refractivity contribution in [3.05, 3.63) is 162 Å². The molecule has 0 fully saturated rings. The lowest BCUT2D eigenvalue weighted by atomic mass is 9.90. The molecule has 5 aromatic rings. The van der Waals surface area contributed by atoms with Crippen molar-refractivity contribution in [3.8, 4) is 11.1 Å². The van der Waals surface area contributed by atoms with Crippen molar-refractivity contribution in [3.63, 3.8) is 0 Å². The lowest BCUT2D eigenvalue weighted by Gasteiger charge is -2.24. The average molecular weight is 511 g/mol. The molecular formula is C35H30N2O2. The van der Waals surface area contributed by atoms with Crippen LogP contribution in [-0.4, -0.2) is 17.9 Å². The molecule has 192 valence electrons. The molecule has 1 atom stereocenters. The Labute approximate surface area is 229 Å². The molecule has 0 saturated carbocycles. The zero-order valence-electron chi connectivity index (χ0n) is 21.5. The fraction of sp³-hybridized carbons (Fsp3) is 0.0857. The van der Waals surface area contributed by atoms with Crippen molar-refractivity contribution in [2.45, 2.75) is 18.4 Å². The van der Waals surface area contributed by atoms with Crippen molar-refractivity contribution in [2.75, 3.05) is 5.32 Å². The first-order valence-electron chi connectivity index (χ1n) is 13.1. The Balaban J connectivity index is 1.45. The topological polar surface area (TPSA) is 58.2 Å². The number of rotatable bonds is 9. The standard InChI is InChI=1S/C35H30N2O2/c38-34(36-31-24-14-13-23-30(31)27-17-7-2-8-18-27)32(25-26-15-5-1-6-16-26)37-35(39)33(28-19-9-3-10-20-28)29-21-11-4-12-22-29/h1-24,32-33H,25H2,(H,36,38)(H,37,39). The number of benzene rings is 5. The quantitative estimate of drug-likeness (QED) is 0.228. The molecule has 0 aliphatic heterocycles. The van der Waals surface area contributed by atoms with Crippen LogP contribution in [0.4, 0.5) is 5.69 Å². The number of nitrogens with one attached hydrogen (secondary N) is 2. The van der Waals surface area contributed by atoms with E-state index in [0.717, 1.165) is 27.8 Å². The number of anilines is 1. The summed E-state index contributed by atoms with van der Waals surface area (Å²) in [6.45, 7) is 0. The van der Waals surface area contributed by atoms with Crippen LogP contribution in [-0.2, 0) is 16.0 Å². The van der Waals surface area contributed by atoms with Crippen LogP contribution >= 0.6 is 0 Å². The van der Waals surface area contributed by atoms with E-state index in [9.17, 15) is 9.59 Å². The predicted octanol–water partition coefficient (Wildman–Crippen LogP) is 6.85. The maximum Gasteiger partial charge on any atom is 0.247 e. The molecule has 5 aromatic carbocycles. The molecule has 2 N–H and O–H groups in total. The Bertz CT molecular complexity index is 1460. The molecule has 39 heavy (non-hydrogen) atoms. The van der Waals surface area contributed by atoms with Crippen molar-refractivity contribution >= 4 is 17.5 Å². The van der Waals surface area contributed by atoms with Crippen molar-refractivity contribution < 1.29 is 9.59 Å². The number of para-hydroxylation sites is 1. The second-order valence-corrected chi connectivity index (χ2v) is 9.41. The van der Waals surface area contributed by atoms with Gasteiger partial charge < -0.3 is 10.6 Å². The largest absolute Gasteiger partial charge is 0.343 e. The highest BCUT2D eigenvalue weighted by Crippen LogP contribution is 2.28. The van der Waals surface area contributed by atoms with Gasteiger partial charge in [0.05, 0.1) is 5.92 Å².